The summed E-state index contributed by atoms with van der Waals surface area (Å²) >= 11 is 6.08. The second-order valence-corrected chi connectivity index (χ2v) is 5.39. The van der Waals surface area contributed by atoms with E-state index in [0.29, 0.717) is 18.6 Å². The largest absolute Gasteiger partial charge is 0.480 e. The van der Waals surface area contributed by atoms with Crippen LogP contribution in [0.1, 0.15) is 29.8 Å². The maximum Gasteiger partial charge on any atom is 0.326 e. The molecule has 2 aromatic heterocycles. The molecule has 0 aliphatic carbocycles. The van der Waals surface area contributed by atoms with Crippen LogP contribution in [0.4, 0.5) is 0 Å². The number of nitrogens with zero attached hydrogens (tertiary/aromatic N) is 3. The zero-order chi connectivity index (χ0) is 15.0. The van der Waals surface area contributed by atoms with Gasteiger partial charge in [-0.2, -0.15) is 0 Å². The number of rotatable bonds is 2. The minimum atomic E-state index is -0.979. The number of fused-ring (bicyclic) bond motifs is 1. The van der Waals surface area contributed by atoms with E-state index in [1.807, 2.05) is 0 Å². The average molecular weight is 308 g/mol. The molecule has 6 nitrogen and oxygen atoms in total. The van der Waals surface area contributed by atoms with Gasteiger partial charge in [-0.15, -0.1) is 0 Å². The Morgan fingerprint density at radius 2 is 2.14 bits per heavy atom. The number of imidazole rings is 1. The Morgan fingerprint density at radius 1 is 1.33 bits per heavy atom. The van der Waals surface area contributed by atoms with Gasteiger partial charge in [0.25, 0.3) is 5.91 Å². The maximum absolute atomic E-state index is 12.7. The minimum Gasteiger partial charge on any atom is -0.480 e. The number of carboxylic acid groups (broad SMARTS) is 1. The van der Waals surface area contributed by atoms with Crippen LogP contribution in [0.2, 0.25) is 5.15 Å². The number of carbonyl (C=O) groups is 2. The predicted octanol–water partition coefficient (Wildman–Crippen LogP) is 2.07. The summed E-state index contributed by atoms with van der Waals surface area (Å²) < 4.78 is 1.60. The molecule has 3 rings (SSSR count). The molecule has 0 spiro atoms. The molecule has 1 amide bonds. The zero-order valence-corrected chi connectivity index (χ0v) is 12.0. The first-order valence-corrected chi connectivity index (χ1v) is 7.14. The van der Waals surface area contributed by atoms with Gasteiger partial charge in [0.2, 0.25) is 0 Å². The number of likely N-dealkylation sites (tertiary alicyclic amines) is 1. The summed E-state index contributed by atoms with van der Waals surface area (Å²) in [7, 11) is 0. The third kappa shape index (κ3) is 2.35. The van der Waals surface area contributed by atoms with Crippen LogP contribution in [0, 0.1) is 0 Å². The summed E-state index contributed by atoms with van der Waals surface area (Å²) in [5.74, 6) is -1.36. The number of piperidine rings is 1. The highest BCUT2D eigenvalue weighted by atomic mass is 35.5. The number of halogens is 1. The first-order valence-electron chi connectivity index (χ1n) is 6.76. The van der Waals surface area contributed by atoms with E-state index < -0.39 is 12.0 Å². The van der Waals surface area contributed by atoms with E-state index in [4.69, 9.17) is 11.6 Å². The number of aliphatic carboxylic acids is 1. The van der Waals surface area contributed by atoms with Gasteiger partial charge >= 0.3 is 5.97 Å². The van der Waals surface area contributed by atoms with Gasteiger partial charge in [-0.3, -0.25) is 9.20 Å². The van der Waals surface area contributed by atoms with E-state index in [2.05, 4.69) is 4.98 Å². The normalized spacial score (nSPS) is 18.9. The molecule has 0 radical (unpaired) electrons. The lowest BCUT2D eigenvalue weighted by atomic mass is 10.0. The highest BCUT2D eigenvalue weighted by Crippen LogP contribution is 2.24. The molecule has 1 atom stereocenters. The monoisotopic (exact) mass is 307 g/mol. The number of hydrogen-bond donors (Lipinski definition) is 1. The molecular formula is C14H14ClN3O3. The van der Waals surface area contributed by atoms with E-state index in [1.54, 1.807) is 28.8 Å². The second kappa shape index (κ2) is 5.37. The Morgan fingerprint density at radius 3 is 2.90 bits per heavy atom. The number of carboxylic acids is 1. The fourth-order valence-corrected chi connectivity index (χ4v) is 2.98. The van der Waals surface area contributed by atoms with E-state index in [-0.39, 0.29) is 16.8 Å². The van der Waals surface area contributed by atoms with Gasteiger partial charge in [-0.1, -0.05) is 17.7 Å². The van der Waals surface area contributed by atoms with Crippen molar-refractivity contribution in [3.8, 4) is 0 Å². The van der Waals surface area contributed by atoms with Crippen molar-refractivity contribution in [2.45, 2.75) is 25.3 Å². The molecule has 21 heavy (non-hydrogen) atoms. The van der Waals surface area contributed by atoms with Crippen LogP contribution in [-0.2, 0) is 4.79 Å². The Labute approximate surface area is 125 Å². The molecule has 1 aliphatic heterocycles. The quantitative estimate of drug-likeness (QED) is 0.921. The number of pyridine rings is 1. The van der Waals surface area contributed by atoms with Gasteiger partial charge in [0.05, 0.1) is 0 Å². The lowest BCUT2D eigenvalue weighted by Gasteiger charge is -2.32. The molecule has 1 aliphatic rings. The van der Waals surface area contributed by atoms with Crippen LogP contribution in [0.3, 0.4) is 0 Å². The summed E-state index contributed by atoms with van der Waals surface area (Å²) in [5.41, 5.74) is 0.787. The van der Waals surface area contributed by atoms with Gasteiger partial charge in [-0.05, 0) is 31.4 Å². The van der Waals surface area contributed by atoms with Crippen molar-refractivity contribution in [3.05, 3.63) is 35.2 Å². The molecule has 2 aromatic rings. The molecule has 1 unspecified atom stereocenters. The van der Waals surface area contributed by atoms with E-state index in [1.165, 1.54) is 4.90 Å². The lowest BCUT2D eigenvalue weighted by molar-refractivity contribution is -0.143. The number of aromatic nitrogens is 2. The Balaban J connectivity index is 2.03. The van der Waals surface area contributed by atoms with Crippen molar-refractivity contribution in [3.63, 3.8) is 0 Å². The molecule has 1 saturated heterocycles. The minimum absolute atomic E-state index is 0.0981. The van der Waals surface area contributed by atoms with Crippen LogP contribution in [0.5, 0.6) is 0 Å². The average Bonchev–Trinajstić information content (AvgIpc) is 2.82. The van der Waals surface area contributed by atoms with Gasteiger partial charge in [-0.25, -0.2) is 9.78 Å². The van der Waals surface area contributed by atoms with E-state index in [9.17, 15) is 14.7 Å². The van der Waals surface area contributed by atoms with Crippen molar-refractivity contribution in [2.24, 2.45) is 0 Å². The first-order chi connectivity index (χ1) is 10.1. The number of amides is 1. The van der Waals surface area contributed by atoms with Gasteiger partial charge in [0, 0.05) is 12.7 Å². The number of hydrogen-bond acceptors (Lipinski definition) is 3. The molecule has 110 valence electrons. The molecule has 7 heteroatoms. The first kappa shape index (κ1) is 13.9. The van der Waals surface area contributed by atoms with Crippen molar-refractivity contribution in [2.75, 3.05) is 6.54 Å². The fourth-order valence-electron chi connectivity index (χ4n) is 2.73. The van der Waals surface area contributed by atoms with Crippen LogP contribution in [0.15, 0.2) is 24.4 Å². The predicted molar refractivity (Wildman–Crippen MR) is 76.5 cm³/mol. The maximum atomic E-state index is 12.7. The zero-order valence-electron chi connectivity index (χ0n) is 11.2. The summed E-state index contributed by atoms with van der Waals surface area (Å²) in [6.07, 6.45) is 3.77. The highest BCUT2D eigenvalue weighted by Gasteiger charge is 2.34. The Bertz CT molecular complexity index is 713. The standard InChI is InChI=1S/C14H14ClN3O3/c15-12-11(18-8-4-2-6-10(18)16-12)13(19)17-7-3-1-5-9(17)14(20)21/h2,4,6,8-9H,1,3,5,7H2,(H,20,21). The molecular weight excluding hydrogens is 294 g/mol. The fraction of sp³-hybridized carbons (Fsp3) is 0.357. The van der Waals surface area contributed by atoms with Crippen molar-refractivity contribution in [1.29, 1.82) is 0 Å². The third-order valence-corrected chi connectivity index (χ3v) is 4.00. The SMILES string of the molecule is O=C(O)C1CCCCN1C(=O)c1c(Cl)nc2ccccn12. The molecule has 3 heterocycles. The number of carbonyl (C=O) groups excluding carboxylic acids is 1. The van der Waals surface area contributed by atoms with Crippen LogP contribution in [0.25, 0.3) is 5.65 Å². The van der Waals surface area contributed by atoms with E-state index >= 15 is 0 Å². The molecule has 0 bridgehead atoms. The van der Waals surface area contributed by atoms with Crippen LogP contribution < -0.4 is 0 Å². The van der Waals surface area contributed by atoms with Crippen molar-refractivity contribution >= 4 is 29.1 Å². The summed E-state index contributed by atoms with van der Waals surface area (Å²) in [4.78, 5) is 29.6. The van der Waals surface area contributed by atoms with E-state index in [0.717, 1.165) is 12.8 Å². The Kier molecular flexibility index (Phi) is 3.55. The molecule has 1 N–H and O–H groups in total. The topological polar surface area (TPSA) is 74.9 Å². The smallest absolute Gasteiger partial charge is 0.326 e. The summed E-state index contributed by atoms with van der Waals surface area (Å²) in [6.45, 7) is 0.423. The van der Waals surface area contributed by atoms with Crippen LogP contribution in [-0.4, -0.2) is 43.9 Å². The van der Waals surface area contributed by atoms with Gasteiger partial charge < -0.3 is 10.0 Å². The molecule has 1 fully saturated rings. The summed E-state index contributed by atoms with van der Waals surface area (Å²) in [5, 5.41) is 9.39. The van der Waals surface area contributed by atoms with Crippen molar-refractivity contribution in [1.82, 2.24) is 14.3 Å². The second-order valence-electron chi connectivity index (χ2n) is 5.03. The van der Waals surface area contributed by atoms with Crippen molar-refractivity contribution < 1.29 is 14.7 Å². The van der Waals surface area contributed by atoms with Crippen LogP contribution >= 0.6 is 11.6 Å². The van der Waals surface area contributed by atoms with Gasteiger partial charge in [0.1, 0.15) is 11.7 Å². The lowest BCUT2D eigenvalue weighted by Crippen LogP contribution is -2.48. The molecule has 0 saturated carbocycles. The third-order valence-electron chi connectivity index (χ3n) is 3.74. The highest BCUT2D eigenvalue weighted by molar-refractivity contribution is 6.32. The summed E-state index contributed by atoms with van der Waals surface area (Å²) in [6, 6.07) is 4.52. The molecule has 0 aromatic carbocycles. The Hall–Kier alpha value is -2.08. The van der Waals surface area contributed by atoms with Gasteiger partial charge in [0.15, 0.2) is 10.8 Å².